The SMILES string of the molecule is CN(COP(=O)(O)O)/C(=C\S)c1ccc(C(F)(F)F)c(F)c1. The van der Waals surface area contributed by atoms with E-state index >= 15 is 0 Å². The zero-order valence-corrected chi connectivity index (χ0v) is 12.9. The van der Waals surface area contributed by atoms with Gasteiger partial charge < -0.3 is 14.7 Å². The van der Waals surface area contributed by atoms with Crippen LogP contribution in [0.5, 0.6) is 0 Å². The van der Waals surface area contributed by atoms with Crippen LogP contribution in [0, 0.1) is 5.82 Å². The van der Waals surface area contributed by atoms with Crippen molar-refractivity contribution in [1.29, 1.82) is 0 Å². The molecule has 5 nitrogen and oxygen atoms in total. The molecule has 22 heavy (non-hydrogen) atoms. The molecular formula is C11H12F4NO4PS. The fraction of sp³-hybridized carbons (Fsp3) is 0.273. The molecule has 1 aromatic rings. The number of hydrogen-bond donors (Lipinski definition) is 3. The average Bonchev–Trinajstić information content (AvgIpc) is 2.35. The minimum Gasteiger partial charge on any atom is -0.350 e. The molecule has 0 aliphatic rings. The predicted molar refractivity (Wildman–Crippen MR) is 74.1 cm³/mol. The van der Waals surface area contributed by atoms with Crippen LogP contribution in [0.25, 0.3) is 5.70 Å². The molecule has 0 aliphatic carbocycles. The third-order valence-corrected chi connectivity index (χ3v) is 3.22. The summed E-state index contributed by atoms with van der Waals surface area (Å²) in [5, 5.41) is 1.14. The van der Waals surface area contributed by atoms with Crippen LogP contribution >= 0.6 is 20.5 Å². The van der Waals surface area contributed by atoms with Crippen molar-refractivity contribution in [2.75, 3.05) is 13.8 Å². The molecule has 0 saturated carbocycles. The van der Waals surface area contributed by atoms with Gasteiger partial charge in [-0.05, 0) is 17.5 Å². The van der Waals surface area contributed by atoms with Crippen molar-refractivity contribution in [3.8, 4) is 0 Å². The minimum absolute atomic E-state index is 0.0392. The smallest absolute Gasteiger partial charge is 0.350 e. The van der Waals surface area contributed by atoms with Crippen LogP contribution < -0.4 is 0 Å². The molecule has 0 aromatic heterocycles. The molecule has 0 radical (unpaired) electrons. The highest BCUT2D eigenvalue weighted by Crippen LogP contribution is 2.37. The summed E-state index contributed by atoms with van der Waals surface area (Å²) in [6.07, 6.45) is -4.82. The van der Waals surface area contributed by atoms with Crippen molar-refractivity contribution < 1.29 is 36.4 Å². The number of alkyl halides is 3. The number of benzene rings is 1. The van der Waals surface area contributed by atoms with Gasteiger partial charge in [-0.2, -0.15) is 13.2 Å². The number of hydrogen-bond acceptors (Lipinski definition) is 4. The first-order valence-electron chi connectivity index (χ1n) is 5.58. The van der Waals surface area contributed by atoms with Gasteiger partial charge >= 0.3 is 14.0 Å². The third kappa shape index (κ3) is 5.29. The molecule has 2 N–H and O–H groups in total. The maximum Gasteiger partial charge on any atom is 0.471 e. The number of halogens is 4. The first-order valence-corrected chi connectivity index (χ1v) is 7.63. The molecule has 1 rings (SSSR count). The molecule has 0 fully saturated rings. The lowest BCUT2D eigenvalue weighted by atomic mass is 10.1. The molecular weight excluding hydrogens is 349 g/mol. The lowest BCUT2D eigenvalue weighted by molar-refractivity contribution is -0.140. The summed E-state index contributed by atoms with van der Waals surface area (Å²) in [6, 6.07) is 2.24. The average molecular weight is 361 g/mol. The molecule has 124 valence electrons. The van der Waals surface area contributed by atoms with E-state index in [0.717, 1.165) is 16.4 Å². The summed E-state index contributed by atoms with van der Waals surface area (Å²) in [5.41, 5.74) is -1.26. The molecule has 0 amide bonds. The van der Waals surface area contributed by atoms with Crippen LogP contribution in [-0.4, -0.2) is 28.5 Å². The Morgan fingerprint density at radius 2 is 2.05 bits per heavy atom. The standard InChI is InChI=1S/C11H12F4NO4PS/c1-16(6-20-21(17,18)19)10(5-22)7-2-3-8(9(12)4-7)11(13,14)15/h2-5,22H,6H2,1H3,(H2,17,18,19)/b10-5-. The maximum absolute atomic E-state index is 13.5. The highest BCUT2D eigenvalue weighted by atomic mass is 32.1. The molecule has 11 heteroatoms. The van der Waals surface area contributed by atoms with Crippen LogP contribution in [0.15, 0.2) is 23.6 Å². The van der Waals surface area contributed by atoms with Crippen molar-refractivity contribution in [3.63, 3.8) is 0 Å². The summed E-state index contributed by atoms with van der Waals surface area (Å²) < 4.78 is 65.9. The van der Waals surface area contributed by atoms with Gasteiger partial charge in [0.05, 0.1) is 11.3 Å². The Hall–Kier alpha value is -1.06. The summed E-state index contributed by atoms with van der Waals surface area (Å²) >= 11 is 3.85. The predicted octanol–water partition coefficient (Wildman–Crippen LogP) is 3.07. The Labute approximate surface area is 128 Å². The zero-order valence-electron chi connectivity index (χ0n) is 11.1. The molecule has 0 atom stereocenters. The van der Waals surface area contributed by atoms with Gasteiger partial charge in [0.1, 0.15) is 12.5 Å². The number of phosphoric acid groups is 1. The summed E-state index contributed by atoms with van der Waals surface area (Å²) in [6.45, 7) is -0.570. The second kappa shape index (κ2) is 7.01. The van der Waals surface area contributed by atoms with Gasteiger partial charge in [-0.25, -0.2) is 8.96 Å². The quantitative estimate of drug-likeness (QED) is 0.326. The van der Waals surface area contributed by atoms with E-state index in [1.54, 1.807) is 0 Å². The second-order valence-corrected chi connectivity index (χ2v) is 5.65. The Bertz CT molecular complexity index is 617. The Kier molecular flexibility index (Phi) is 6.05. The van der Waals surface area contributed by atoms with E-state index in [0.29, 0.717) is 12.1 Å². The lowest BCUT2D eigenvalue weighted by Crippen LogP contribution is -2.20. The summed E-state index contributed by atoms with van der Waals surface area (Å²) in [4.78, 5) is 18.3. The van der Waals surface area contributed by atoms with E-state index in [-0.39, 0.29) is 11.3 Å². The van der Waals surface area contributed by atoms with Crippen LogP contribution in [0.2, 0.25) is 0 Å². The molecule has 0 aliphatic heterocycles. The van der Waals surface area contributed by atoms with E-state index in [2.05, 4.69) is 17.2 Å². The normalized spacial score (nSPS) is 13.4. The van der Waals surface area contributed by atoms with Gasteiger partial charge in [-0.1, -0.05) is 6.07 Å². The van der Waals surface area contributed by atoms with Crippen molar-refractivity contribution in [3.05, 3.63) is 40.6 Å². The van der Waals surface area contributed by atoms with Gasteiger partial charge in [0.2, 0.25) is 0 Å². The highest BCUT2D eigenvalue weighted by Gasteiger charge is 2.34. The molecule has 0 heterocycles. The fourth-order valence-electron chi connectivity index (χ4n) is 1.53. The zero-order chi connectivity index (χ0) is 17.1. The second-order valence-electron chi connectivity index (χ2n) is 4.15. The van der Waals surface area contributed by atoms with Crippen LogP contribution in [-0.2, 0) is 15.3 Å². The summed E-state index contributed by atoms with van der Waals surface area (Å²) in [7, 11) is -3.38. The Morgan fingerprint density at radius 3 is 2.45 bits per heavy atom. The molecule has 0 spiro atoms. The highest BCUT2D eigenvalue weighted by molar-refractivity contribution is 7.83. The van der Waals surface area contributed by atoms with Gasteiger partial charge in [0.25, 0.3) is 0 Å². The number of nitrogens with zero attached hydrogens (tertiary/aromatic N) is 1. The number of phosphoric ester groups is 1. The number of rotatable bonds is 5. The van der Waals surface area contributed by atoms with E-state index in [9.17, 15) is 22.1 Å². The summed E-state index contributed by atoms with van der Waals surface area (Å²) in [5.74, 6) is -1.47. The Balaban J connectivity index is 3.02. The minimum atomic E-state index is -4.82. The Morgan fingerprint density at radius 1 is 1.45 bits per heavy atom. The van der Waals surface area contributed by atoms with E-state index in [4.69, 9.17) is 9.79 Å². The first-order chi connectivity index (χ1) is 9.95. The molecule has 1 aromatic carbocycles. The van der Waals surface area contributed by atoms with Gasteiger partial charge in [-0.3, -0.25) is 4.52 Å². The largest absolute Gasteiger partial charge is 0.471 e. The topological polar surface area (TPSA) is 70.0 Å². The number of thiol groups is 1. The van der Waals surface area contributed by atoms with Crippen molar-refractivity contribution in [1.82, 2.24) is 4.90 Å². The maximum atomic E-state index is 13.5. The van der Waals surface area contributed by atoms with E-state index in [1.165, 1.54) is 7.05 Å². The van der Waals surface area contributed by atoms with Crippen molar-refractivity contribution >= 4 is 26.1 Å². The first kappa shape index (κ1) is 19.0. The molecule has 0 saturated heterocycles. The van der Waals surface area contributed by atoms with Crippen molar-refractivity contribution in [2.45, 2.75) is 6.18 Å². The van der Waals surface area contributed by atoms with Gasteiger partial charge in [0.15, 0.2) is 0 Å². The van der Waals surface area contributed by atoms with Crippen LogP contribution in [0.4, 0.5) is 17.6 Å². The van der Waals surface area contributed by atoms with E-state index < -0.39 is 32.1 Å². The van der Waals surface area contributed by atoms with Gasteiger partial charge in [-0.15, -0.1) is 12.6 Å². The lowest BCUT2D eigenvalue weighted by Gasteiger charge is -2.23. The van der Waals surface area contributed by atoms with Crippen molar-refractivity contribution in [2.24, 2.45) is 0 Å². The van der Waals surface area contributed by atoms with Crippen LogP contribution in [0.1, 0.15) is 11.1 Å². The van der Waals surface area contributed by atoms with E-state index in [1.807, 2.05) is 0 Å². The van der Waals surface area contributed by atoms with Crippen LogP contribution in [0.3, 0.4) is 0 Å². The molecule has 0 bridgehead atoms. The third-order valence-electron chi connectivity index (χ3n) is 2.52. The monoisotopic (exact) mass is 361 g/mol. The molecule has 0 unspecified atom stereocenters. The fourth-order valence-corrected chi connectivity index (χ4v) is 2.20. The van der Waals surface area contributed by atoms with Gasteiger partial charge in [0, 0.05) is 12.6 Å².